The van der Waals surface area contributed by atoms with Crippen molar-refractivity contribution in [2.75, 3.05) is 19.8 Å². The first-order valence-corrected chi connectivity index (χ1v) is 30.1. The van der Waals surface area contributed by atoms with Crippen molar-refractivity contribution in [3.8, 4) is 0 Å². The fourth-order valence-corrected chi connectivity index (χ4v) is 9.50. The molecule has 0 bridgehead atoms. The first-order chi connectivity index (χ1) is 32.6. The summed E-state index contributed by atoms with van der Waals surface area (Å²) in [5.74, 6) is -2.34. The SMILES string of the molecule is CCCCCCCCCCCCCCCCCCCCCCCCCC(=O)NC(COP(=O)(O)OCC(O)COC(=O)CCCCCCCCCCCCCCCCCCCCCC)C(=O)O. The molecule has 0 aromatic rings. The Morgan fingerprint density at radius 3 is 0.985 bits per heavy atom. The molecule has 0 saturated carbocycles. The highest BCUT2D eigenvalue weighted by Crippen LogP contribution is 2.43. The third-order valence-electron chi connectivity index (χ3n) is 13.1. The molecule has 0 aromatic carbocycles. The number of aliphatic hydroxyl groups is 1. The van der Waals surface area contributed by atoms with Crippen molar-refractivity contribution in [3.05, 3.63) is 0 Å². The number of ether oxygens (including phenoxy) is 1. The predicted octanol–water partition coefficient (Wildman–Crippen LogP) is 16.2. The summed E-state index contributed by atoms with van der Waals surface area (Å²) in [6, 6.07) is -1.54. The molecule has 3 atom stereocenters. The van der Waals surface area contributed by atoms with E-state index in [0.717, 1.165) is 38.5 Å². The van der Waals surface area contributed by atoms with E-state index in [2.05, 4.69) is 19.2 Å². The van der Waals surface area contributed by atoms with E-state index in [1.54, 1.807) is 0 Å². The van der Waals surface area contributed by atoms with Crippen LogP contribution in [0.15, 0.2) is 0 Å². The predicted molar refractivity (Wildman–Crippen MR) is 277 cm³/mol. The highest BCUT2D eigenvalue weighted by atomic mass is 31.2. The highest BCUT2D eigenvalue weighted by molar-refractivity contribution is 7.47. The molecule has 0 aromatic heterocycles. The van der Waals surface area contributed by atoms with Crippen LogP contribution in [0.3, 0.4) is 0 Å². The summed E-state index contributed by atoms with van der Waals surface area (Å²) < 4.78 is 27.0. The molecule has 0 aliphatic rings. The number of aliphatic hydroxyl groups excluding tert-OH is 1. The zero-order chi connectivity index (χ0) is 49.2. The summed E-state index contributed by atoms with van der Waals surface area (Å²) in [6.45, 7) is 2.68. The number of amides is 1. The Hall–Kier alpha value is -1.52. The molecule has 4 N–H and O–H groups in total. The minimum Gasteiger partial charge on any atom is -0.480 e. The van der Waals surface area contributed by atoms with Crippen molar-refractivity contribution in [1.82, 2.24) is 5.32 Å². The number of carboxylic acids is 1. The van der Waals surface area contributed by atoms with Gasteiger partial charge in [0, 0.05) is 12.8 Å². The lowest BCUT2D eigenvalue weighted by Crippen LogP contribution is -2.43. The number of carbonyl (C=O) groups is 3. The monoisotopic (exact) mass is 974 g/mol. The van der Waals surface area contributed by atoms with Crippen LogP contribution < -0.4 is 5.32 Å². The van der Waals surface area contributed by atoms with Crippen LogP contribution in [-0.2, 0) is 32.7 Å². The summed E-state index contributed by atoms with van der Waals surface area (Å²) in [5, 5.41) is 22.0. The third-order valence-corrected chi connectivity index (χ3v) is 14.1. The van der Waals surface area contributed by atoms with Gasteiger partial charge in [-0.25, -0.2) is 9.36 Å². The third kappa shape index (κ3) is 50.7. The molecule has 12 heteroatoms. The molecule has 0 heterocycles. The Bertz CT molecular complexity index is 1140. The molecule has 398 valence electrons. The van der Waals surface area contributed by atoms with Crippen LogP contribution in [0.4, 0.5) is 0 Å². The van der Waals surface area contributed by atoms with E-state index >= 15 is 0 Å². The van der Waals surface area contributed by atoms with Crippen LogP contribution in [0, 0.1) is 0 Å². The fraction of sp³-hybridized carbons (Fsp3) is 0.945. The van der Waals surface area contributed by atoms with Gasteiger partial charge < -0.3 is 25.2 Å². The van der Waals surface area contributed by atoms with Crippen LogP contribution in [0.5, 0.6) is 0 Å². The number of esters is 1. The smallest absolute Gasteiger partial charge is 0.472 e. The standard InChI is InChI=1S/C55H108NO10P/c1-3-5-7-9-11-13-15-17-19-21-23-25-26-27-28-30-32-34-36-38-40-42-44-46-53(58)56-52(55(60)61)50-66-67(62,63)65-49-51(57)48-64-54(59)47-45-43-41-39-37-35-33-31-29-24-22-20-18-16-14-12-10-8-6-4-2/h51-52,57H,3-50H2,1-2H3,(H,56,58)(H,60,61)(H,62,63). The number of phosphoric ester groups is 1. The number of carbonyl (C=O) groups excluding carboxylic acids is 2. The minimum atomic E-state index is -4.76. The second-order valence-corrected chi connectivity index (χ2v) is 21.3. The molecule has 0 aliphatic carbocycles. The van der Waals surface area contributed by atoms with Crippen molar-refractivity contribution < 1.29 is 47.8 Å². The molecule has 3 unspecified atom stereocenters. The molecular formula is C55H108NO10P. The lowest BCUT2D eigenvalue weighted by molar-refractivity contribution is -0.147. The average molecular weight is 974 g/mol. The number of hydrogen-bond donors (Lipinski definition) is 4. The van der Waals surface area contributed by atoms with Gasteiger partial charge in [-0.15, -0.1) is 0 Å². The second-order valence-electron chi connectivity index (χ2n) is 19.9. The van der Waals surface area contributed by atoms with Gasteiger partial charge in [-0.05, 0) is 12.8 Å². The molecule has 0 aliphatic heterocycles. The Morgan fingerprint density at radius 2 is 0.687 bits per heavy atom. The molecule has 0 rings (SSSR count). The normalized spacial score (nSPS) is 13.4. The maximum atomic E-state index is 12.4. The number of unbranched alkanes of at least 4 members (excludes halogenated alkanes) is 41. The van der Waals surface area contributed by atoms with Crippen LogP contribution in [0.25, 0.3) is 0 Å². The maximum Gasteiger partial charge on any atom is 0.472 e. The molecule has 0 spiro atoms. The van der Waals surface area contributed by atoms with Gasteiger partial charge in [-0.2, -0.15) is 0 Å². The number of aliphatic carboxylic acids is 1. The van der Waals surface area contributed by atoms with E-state index in [4.69, 9.17) is 13.8 Å². The number of hydrogen-bond acceptors (Lipinski definition) is 8. The van der Waals surface area contributed by atoms with Gasteiger partial charge in [-0.3, -0.25) is 18.6 Å². The minimum absolute atomic E-state index is 0.154. The van der Waals surface area contributed by atoms with E-state index in [-0.39, 0.29) is 12.8 Å². The first kappa shape index (κ1) is 65.5. The molecule has 1 amide bonds. The van der Waals surface area contributed by atoms with Crippen LogP contribution in [0.1, 0.15) is 303 Å². The second kappa shape index (κ2) is 50.9. The fourth-order valence-electron chi connectivity index (χ4n) is 8.73. The Morgan fingerprint density at radius 1 is 0.418 bits per heavy atom. The average Bonchev–Trinajstić information content (AvgIpc) is 3.31. The van der Waals surface area contributed by atoms with E-state index in [0.29, 0.717) is 12.8 Å². The quantitative estimate of drug-likeness (QED) is 0.0261. The lowest BCUT2D eigenvalue weighted by Gasteiger charge is -2.18. The van der Waals surface area contributed by atoms with E-state index in [9.17, 15) is 34.1 Å². The zero-order valence-electron chi connectivity index (χ0n) is 43.7. The number of rotatable bonds is 55. The van der Waals surface area contributed by atoms with Crippen LogP contribution >= 0.6 is 7.82 Å². The molecule has 67 heavy (non-hydrogen) atoms. The lowest BCUT2D eigenvalue weighted by atomic mass is 10.0. The largest absolute Gasteiger partial charge is 0.480 e. The van der Waals surface area contributed by atoms with Crippen LogP contribution in [-0.4, -0.2) is 64.9 Å². The van der Waals surface area contributed by atoms with Gasteiger partial charge in [0.25, 0.3) is 0 Å². The van der Waals surface area contributed by atoms with Gasteiger partial charge in [-0.1, -0.05) is 277 Å². The van der Waals surface area contributed by atoms with Gasteiger partial charge in [0.05, 0.1) is 13.2 Å². The van der Waals surface area contributed by atoms with Crippen molar-refractivity contribution >= 4 is 25.7 Å². The number of nitrogens with one attached hydrogen (secondary N) is 1. The number of carboxylic acid groups (broad SMARTS) is 1. The summed E-state index contributed by atoms with van der Waals surface area (Å²) in [7, 11) is -4.76. The van der Waals surface area contributed by atoms with Crippen molar-refractivity contribution in [2.45, 2.75) is 315 Å². The van der Waals surface area contributed by atoms with Gasteiger partial charge in [0.1, 0.15) is 12.7 Å². The highest BCUT2D eigenvalue weighted by Gasteiger charge is 2.28. The molecule has 0 saturated heterocycles. The van der Waals surface area contributed by atoms with Crippen molar-refractivity contribution in [2.24, 2.45) is 0 Å². The van der Waals surface area contributed by atoms with Crippen LogP contribution in [0.2, 0.25) is 0 Å². The Balaban J connectivity index is 3.73. The summed E-state index contributed by atoms with van der Waals surface area (Å²) in [4.78, 5) is 46.2. The molecule has 0 radical (unpaired) electrons. The zero-order valence-corrected chi connectivity index (χ0v) is 44.6. The topological polar surface area (TPSA) is 169 Å². The van der Waals surface area contributed by atoms with E-state index in [1.807, 2.05) is 0 Å². The molecular weight excluding hydrogens is 866 g/mol. The first-order valence-electron chi connectivity index (χ1n) is 28.6. The molecule has 0 fully saturated rings. The Labute approximate surface area is 412 Å². The number of phosphoric acid groups is 1. The van der Waals surface area contributed by atoms with Gasteiger partial charge in [0.2, 0.25) is 5.91 Å². The van der Waals surface area contributed by atoms with E-state index < -0.39 is 57.6 Å². The summed E-state index contributed by atoms with van der Waals surface area (Å²) in [6.07, 6.45) is 54.2. The van der Waals surface area contributed by atoms with Crippen molar-refractivity contribution in [1.29, 1.82) is 0 Å². The summed E-state index contributed by atoms with van der Waals surface area (Å²) in [5.41, 5.74) is 0. The molecule has 11 nitrogen and oxygen atoms in total. The van der Waals surface area contributed by atoms with Gasteiger partial charge >= 0.3 is 19.8 Å². The maximum absolute atomic E-state index is 12.4. The van der Waals surface area contributed by atoms with Gasteiger partial charge in [0.15, 0.2) is 6.04 Å². The Kier molecular flexibility index (Phi) is 49.7. The van der Waals surface area contributed by atoms with E-state index in [1.165, 1.54) is 225 Å². The van der Waals surface area contributed by atoms with Crippen molar-refractivity contribution in [3.63, 3.8) is 0 Å². The summed E-state index contributed by atoms with van der Waals surface area (Å²) >= 11 is 0.